The predicted octanol–water partition coefficient (Wildman–Crippen LogP) is 6.45. The standard InChI is InChI=1S/C30H50O5Si/c1-19(13-15-28(3,4)36(7,8)33)23-11-12-24-21(10-9-14-29(23,24)5)16-26(34-6)30-18-22(30)17-25(27(30)32)35-20(2)31/h16,19,22-26,33H,9-15,17-18H2,1-8H3/b21-16+/t19-,22?,23?,24?,25+,26?,29-,30?/m1/s1. The molecule has 0 spiro atoms. The van der Waals surface area contributed by atoms with E-state index in [0.717, 1.165) is 19.3 Å². The van der Waals surface area contributed by atoms with Crippen LogP contribution in [0.4, 0.5) is 0 Å². The molecule has 0 amide bonds. The molecule has 0 heterocycles. The van der Waals surface area contributed by atoms with Crippen molar-refractivity contribution in [3.63, 3.8) is 0 Å². The number of hydrogen-bond acceptors (Lipinski definition) is 5. The van der Waals surface area contributed by atoms with E-state index in [1.165, 1.54) is 44.6 Å². The predicted molar refractivity (Wildman–Crippen MR) is 145 cm³/mol. The molecule has 0 radical (unpaired) electrons. The second kappa shape index (κ2) is 9.64. The molecule has 5 unspecified atom stereocenters. The van der Waals surface area contributed by atoms with Crippen LogP contribution in [0.15, 0.2) is 11.6 Å². The van der Waals surface area contributed by atoms with Crippen molar-refractivity contribution in [2.45, 2.75) is 123 Å². The Morgan fingerprint density at radius 1 is 1.31 bits per heavy atom. The van der Waals surface area contributed by atoms with Gasteiger partial charge in [0.2, 0.25) is 0 Å². The van der Waals surface area contributed by atoms with E-state index in [2.05, 4.69) is 46.9 Å². The number of hydrogen-bond donors (Lipinski definition) is 1. The molecule has 4 rings (SSSR count). The monoisotopic (exact) mass is 518 g/mol. The van der Waals surface area contributed by atoms with Gasteiger partial charge < -0.3 is 14.3 Å². The Morgan fingerprint density at radius 3 is 2.61 bits per heavy atom. The van der Waals surface area contributed by atoms with Gasteiger partial charge in [-0.3, -0.25) is 9.59 Å². The lowest BCUT2D eigenvalue weighted by Crippen LogP contribution is -2.40. The Hall–Kier alpha value is -0.983. The van der Waals surface area contributed by atoms with Crippen molar-refractivity contribution < 1.29 is 23.9 Å². The minimum absolute atomic E-state index is 0.0291. The number of esters is 1. The summed E-state index contributed by atoms with van der Waals surface area (Å²) in [5.41, 5.74) is 1.30. The summed E-state index contributed by atoms with van der Waals surface area (Å²) in [6.07, 6.45) is 11.3. The quantitative estimate of drug-likeness (QED) is 0.216. The first-order chi connectivity index (χ1) is 16.7. The number of ketones is 1. The number of methoxy groups -OCH3 is 1. The lowest BCUT2D eigenvalue weighted by Gasteiger charge is -2.45. The minimum atomic E-state index is -2.19. The lowest BCUT2D eigenvalue weighted by molar-refractivity contribution is -0.154. The van der Waals surface area contributed by atoms with Crippen molar-refractivity contribution in [3.8, 4) is 0 Å². The van der Waals surface area contributed by atoms with Crippen molar-refractivity contribution in [2.24, 2.45) is 34.5 Å². The third kappa shape index (κ3) is 4.68. The van der Waals surface area contributed by atoms with Gasteiger partial charge in [0.15, 0.2) is 20.2 Å². The second-order valence-electron chi connectivity index (χ2n) is 14.1. The Balaban J connectivity index is 1.49. The van der Waals surface area contributed by atoms with E-state index < -0.39 is 19.8 Å². The summed E-state index contributed by atoms with van der Waals surface area (Å²) in [6.45, 7) is 15.0. The van der Waals surface area contributed by atoms with Gasteiger partial charge in [0, 0.05) is 14.0 Å². The zero-order chi connectivity index (χ0) is 26.7. The molecule has 204 valence electrons. The van der Waals surface area contributed by atoms with Gasteiger partial charge >= 0.3 is 5.97 Å². The fraction of sp³-hybridized carbons (Fsp3) is 0.867. The summed E-state index contributed by atoms with van der Waals surface area (Å²) >= 11 is 0. The van der Waals surface area contributed by atoms with Crippen LogP contribution in [0.5, 0.6) is 0 Å². The maximum Gasteiger partial charge on any atom is 0.303 e. The smallest absolute Gasteiger partial charge is 0.303 e. The third-order valence-corrected chi connectivity index (χ3v) is 15.0. The fourth-order valence-corrected chi connectivity index (χ4v) is 9.09. The van der Waals surface area contributed by atoms with E-state index in [-0.39, 0.29) is 28.8 Å². The topological polar surface area (TPSA) is 72.8 Å². The van der Waals surface area contributed by atoms with E-state index in [9.17, 15) is 14.4 Å². The highest BCUT2D eigenvalue weighted by Gasteiger charge is 2.71. The molecule has 8 atom stereocenters. The van der Waals surface area contributed by atoms with Crippen molar-refractivity contribution in [2.75, 3.05) is 7.11 Å². The van der Waals surface area contributed by atoms with Gasteiger partial charge in [-0.15, -0.1) is 0 Å². The summed E-state index contributed by atoms with van der Waals surface area (Å²) in [5.74, 6) is 1.85. The molecule has 5 nitrogen and oxygen atoms in total. The fourth-order valence-electron chi connectivity index (χ4n) is 8.33. The van der Waals surface area contributed by atoms with Crippen LogP contribution in [0.3, 0.4) is 0 Å². The minimum Gasteiger partial charge on any atom is -0.455 e. The highest BCUT2D eigenvalue weighted by Crippen LogP contribution is 2.66. The van der Waals surface area contributed by atoms with Crippen LogP contribution in [0.1, 0.15) is 92.4 Å². The first-order valence-electron chi connectivity index (χ1n) is 14.3. The summed E-state index contributed by atoms with van der Waals surface area (Å²) in [4.78, 5) is 35.6. The molecule has 6 heteroatoms. The molecule has 0 aromatic carbocycles. The van der Waals surface area contributed by atoms with Crippen LogP contribution in [-0.2, 0) is 19.1 Å². The van der Waals surface area contributed by atoms with Gasteiger partial charge in [0.1, 0.15) is 0 Å². The molecule has 1 N–H and O–H groups in total. The maximum atomic E-state index is 13.3. The molecule has 4 aliphatic rings. The van der Waals surface area contributed by atoms with Gasteiger partial charge in [0.25, 0.3) is 0 Å². The van der Waals surface area contributed by atoms with E-state index in [0.29, 0.717) is 29.6 Å². The van der Waals surface area contributed by atoms with E-state index in [1.807, 2.05) is 0 Å². The first kappa shape index (κ1) is 28.0. The summed E-state index contributed by atoms with van der Waals surface area (Å²) < 4.78 is 11.4. The third-order valence-electron chi connectivity index (χ3n) is 11.4. The summed E-state index contributed by atoms with van der Waals surface area (Å²) in [5, 5.41) is 0.0291. The average molecular weight is 519 g/mol. The van der Waals surface area contributed by atoms with Crippen LogP contribution in [-0.4, -0.2) is 44.2 Å². The van der Waals surface area contributed by atoms with E-state index >= 15 is 0 Å². The molecule has 0 aromatic heterocycles. The number of fused-ring (bicyclic) bond motifs is 2. The van der Waals surface area contributed by atoms with Crippen LogP contribution >= 0.6 is 0 Å². The van der Waals surface area contributed by atoms with Crippen LogP contribution < -0.4 is 0 Å². The van der Waals surface area contributed by atoms with Gasteiger partial charge in [-0.1, -0.05) is 45.8 Å². The highest BCUT2D eigenvalue weighted by atomic mass is 28.4. The molecule has 4 fully saturated rings. The number of allylic oxidation sites excluding steroid dienone is 1. The normalized spacial score (nSPS) is 39.0. The lowest BCUT2D eigenvalue weighted by atomic mass is 9.60. The Morgan fingerprint density at radius 2 is 2.00 bits per heavy atom. The highest BCUT2D eigenvalue weighted by molar-refractivity contribution is 6.72. The molecule has 4 saturated carbocycles. The Bertz CT molecular complexity index is 904. The summed E-state index contributed by atoms with van der Waals surface area (Å²) in [7, 11) is -0.463. The molecule has 0 bridgehead atoms. The zero-order valence-corrected chi connectivity index (χ0v) is 25.0. The Labute approximate surface area is 219 Å². The number of rotatable bonds is 9. The zero-order valence-electron chi connectivity index (χ0n) is 24.0. The van der Waals surface area contributed by atoms with Crippen molar-refractivity contribution in [3.05, 3.63) is 11.6 Å². The molecule has 0 aromatic rings. The summed E-state index contributed by atoms with van der Waals surface area (Å²) in [6, 6.07) is 0. The molecular weight excluding hydrogens is 468 g/mol. The van der Waals surface area contributed by atoms with Gasteiger partial charge in [-0.05, 0) is 98.6 Å². The molecule has 0 aliphatic heterocycles. The maximum absolute atomic E-state index is 13.3. The van der Waals surface area contributed by atoms with Crippen LogP contribution in [0, 0.1) is 34.5 Å². The molecule has 4 aliphatic carbocycles. The van der Waals surface area contributed by atoms with Crippen molar-refractivity contribution in [1.29, 1.82) is 0 Å². The number of Topliss-reactive ketones (excluding diaryl/α,β-unsaturated/α-hetero) is 1. The largest absolute Gasteiger partial charge is 0.455 e. The second-order valence-corrected chi connectivity index (χ2v) is 18.6. The SMILES string of the molecule is COC(/C=C1\CCC[C@@]2(C)C1CCC2[C@H](C)CCC(C)(C)[Si](C)(C)O)C12CC1C[C@H](OC(C)=O)C2=O. The number of ether oxygens (including phenoxy) is 2. The van der Waals surface area contributed by atoms with Crippen LogP contribution in [0.25, 0.3) is 0 Å². The van der Waals surface area contributed by atoms with Gasteiger partial charge in [-0.25, -0.2) is 0 Å². The van der Waals surface area contributed by atoms with Gasteiger partial charge in [0.05, 0.1) is 11.5 Å². The van der Waals surface area contributed by atoms with Crippen LogP contribution in [0.2, 0.25) is 18.1 Å². The van der Waals surface area contributed by atoms with E-state index in [4.69, 9.17) is 9.47 Å². The van der Waals surface area contributed by atoms with E-state index in [1.54, 1.807) is 7.11 Å². The molecule has 36 heavy (non-hydrogen) atoms. The molecular formula is C30H50O5Si. The number of carbonyl (C=O) groups excluding carboxylic acids is 2. The number of carbonyl (C=O) groups is 2. The van der Waals surface area contributed by atoms with Crippen molar-refractivity contribution >= 4 is 20.1 Å². The van der Waals surface area contributed by atoms with Crippen molar-refractivity contribution in [1.82, 2.24) is 0 Å². The first-order valence-corrected chi connectivity index (χ1v) is 17.3. The van der Waals surface area contributed by atoms with Gasteiger partial charge in [-0.2, -0.15) is 0 Å². The average Bonchev–Trinajstić information content (AvgIpc) is 3.28. The molecule has 0 saturated heterocycles. The Kier molecular flexibility index (Phi) is 7.51.